The average Bonchev–Trinajstić information content (AvgIpc) is 3.59. The smallest absolute Gasteiger partial charge is 0.228 e. The summed E-state index contributed by atoms with van der Waals surface area (Å²) >= 11 is 3.35. The van der Waals surface area contributed by atoms with E-state index in [1.54, 1.807) is 33.9 Å². The number of rotatable bonds is 4. The van der Waals surface area contributed by atoms with Crippen molar-refractivity contribution in [3.63, 3.8) is 0 Å². The highest BCUT2D eigenvalue weighted by molar-refractivity contribution is 8.00. The summed E-state index contributed by atoms with van der Waals surface area (Å²) in [5.74, 6) is 2.71. The molecular weight excluding hydrogens is 510 g/mol. The molecule has 0 unspecified atom stereocenters. The lowest BCUT2D eigenvalue weighted by atomic mass is 9.83. The fourth-order valence-corrected chi connectivity index (χ4v) is 7.10. The Morgan fingerprint density at radius 2 is 1.71 bits per heavy atom. The van der Waals surface area contributed by atoms with Crippen molar-refractivity contribution in [3.8, 4) is 11.6 Å². The van der Waals surface area contributed by atoms with E-state index in [0.717, 1.165) is 54.5 Å². The summed E-state index contributed by atoms with van der Waals surface area (Å²) in [4.78, 5) is 14.4. The number of nitrogens with zero attached hydrogens (tertiary/aromatic N) is 5. The summed E-state index contributed by atoms with van der Waals surface area (Å²) in [5.41, 5.74) is 4.99. The molecular formula is C30H19N5OS2. The SMILES string of the molecule is c1ccc([C@@H]2c3ccc4ccccc4c3Oc3ncn4nc(CSc5nc6ccccc6s5)nc4c32)cc1. The summed E-state index contributed by atoms with van der Waals surface area (Å²) in [5, 5.41) is 6.98. The molecule has 0 aliphatic carbocycles. The van der Waals surface area contributed by atoms with Gasteiger partial charge in [0, 0.05) is 16.9 Å². The third-order valence-electron chi connectivity index (χ3n) is 6.87. The molecule has 0 radical (unpaired) electrons. The number of fused-ring (bicyclic) bond motifs is 7. The van der Waals surface area contributed by atoms with Crippen LogP contribution in [0.1, 0.15) is 28.4 Å². The predicted octanol–water partition coefficient (Wildman–Crippen LogP) is 7.47. The highest BCUT2D eigenvalue weighted by Crippen LogP contribution is 2.50. The molecule has 38 heavy (non-hydrogen) atoms. The Morgan fingerprint density at radius 3 is 2.63 bits per heavy atom. The van der Waals surface area contributed by atoms with Crippen LogP contribution in [-0.2, 0) is 5.75 Å². The molecule has 0 N–H and O–H groups in total. The molecule has 0 fully saturated rings. The van der Waals surface area contributed by atoms with Crippen LogP contribution in [0, 0.1) is 0 Å². The van der Waals surface area contributed by atoms with Gasteiger partial charge in [-0.05, 0) is 23.1 Å². The lowest BCUT2D eigenvalue weighted by Crippen LogP contribution is -2.15. The van der Waals surface area contributed by atoms with Crippen LogP contribution in [0.4, 0.5) is 0 Å². The molecule has 6 nitrogen and oxygen atoms in total. The Kier molecular flexibility index (Phi) is 4.96. The number of benzene rings is 4. The molecule has 0 amide bonds. The first-order valence-corrected chi connectivity index (χ1v) is 14.1. The molecule has 4 aromatic carbocycles. The van der Waals surface area contributed by atoms with Gasteiger partial charge in [0.1, 0.15) is 12.1 Å². The fraction of sp³-hybridized carbons (Fsp3) is 0.0667. The second-order valence-corrected chi connectivity index (χ2v) is 11.4. The second kappa shape index (κ2) is 8.65. The van der Waals surface area contributed by atoms with Gasteiger partial charge >= 0.3 is 0 Å². The number of hydrogen-bond donors (Lipinski definition) is 0. The van der Waals surface area contributed by atoms with Crippen molar-refractivity contribution >= 4 is 49.7 Å². The van der Waals surface area contributed by atoms with Gasteiger partial charge in [0.15, 0.2) is 15.8 Å². The highest BCUT2D eigenvalue weighted by Gasteiger charge is 2.34. The van der Waals surface area contributed by atoms with E-state index >= 15 is 0 Å². The van der Waals surface area contributed by atoms with Gasteiger partial charge in [0.2, 0.25) is 5.88 Å². The van der Waals surface area contributed by atoms with Gasteiger partial charge < -0.3 is 4.74 Å². The number of ether oxygens (including phenoxy) is 1. The average molecular weight is 530 g/mol. The topological polar surface area (TPSA) is 65.2 Å². The van der Waals surface area contributed by atoms with E-state index in [0.29, 0.717) is 11.6 Å². The molecule has 3 aromatic heterocycles. The van der Waals surface area contributed by atoms with Crippen molar-refractivity contribution in [2.45, 2.75) is 16.0 Å². The molecule has 7 aromatic rings. The normalized spacial score (nSPS) is 14.5. The van der Waals surface area contributed by atoms with Crippen molar-refractivity contribution in [1.82, 2.24) is 24.6 Å². The van der Waals surface area contributed by atoms with Crippen molar-refractivity contribution in [2.75, 3.05) is 0 Å². The largest absolute Gasteiger partial charge is 0.438 e. The van der Waals surface area contributed by atoms with Gasteiger partial charge in [0.25, 0.3) is 0 Å². The zero-order valence-electron chi connectivity index (χ0n) is 20.0. The number of thiazole rings is 1. The minimum Gasteiger partial charge on any atom is -0.438 e. The predicted molar refractivity (Wildman–Crippen MR) is 151 cm³/mol. The molecule has 0 spiro atoms. The highest BCUT2D eigenvalue weighted by atomic mass is 32.2. The van der Waals surface area contributed by atoms with Crippen LogP contribution >= 0.6 is 23.1 Å². The van der Waals surface area contributed by atoms with E-state index < -0.39 is 0 Å². The maximum atomic E-state index is 6.52. The molecule has 4 heterocycles. The van der Waals surface area contributed by atoms with Gasteiger partial charge in [-0.1, -0.05) is 90.6 Å². The lowest BCUT2D eigenvalue weighted by molar-refractivity contribution is 0.437. The van der Waals surface area contributed by atoms with E-state index in [4.69, 9.17) is 24.8 Å². The molecule has 0 bridgehead atoms. The van der Waals surface area contributed by atoms with Crippen molar-refractivity contribution in [1.29, 1.82) is 0 Å². The Bertz CT molecular complexity index is 1950. The van der Waals surface area contributed by atoms with Crippen LogP contribution in [0.3, 0.4) is 0 Å². The molecule has 8 heteroatoms. The van der Waals surface area contributed by atoms with Crippen LogP contribution < -0.4 is 4.74 Å². The van der Waals surface area contributed by atoms with Gasteiger partial charge in [-0.3, -0.25) is 0 Å². The Balaban J connectivity index is 1.24. The summed E-state index contributed by atoms with van der Waals surface area (Å²) in [6, 6.07) is 31.3. The lowest BCUT2D eigenvalue weighted by Gasteiger charge is -2.28. The Labute approximate surface area is 226 Å². The molecule has 1 atom stereocenters. The molecule has 182 valence electrons. The minimum atomic E-state index is -0.0790. The van der Waals surface area contributed by atoms with Gasteiger partial charge in [-0.15, -0.1) is 16.4 Å². The first kappa shape index (κ1) is 21.8. The van der Waals surface area contributed by atoms with Crippen LogP contribution in [0.15, 0.2) is 102 Å². The van der Waals surface area contributed by atoms with Crippen molar-refractivity contribution < 1.29 is 4.74 Å². The van der Waals surface area contributed by atoms with Crippen molar-refractivity contribution in [3.05, 3.63) is 120 Å². The van der Waals surface area contributed by atoms with E-state index in [2.05, 4.69) is 54.6 Å². The number of aromatic nitrogens is 5. The third-order valence-corrected chi connectivity index (χ3v) is 9.05. The van der Waals surface area contributed by atoms with Gasteiger partial charge in [-0.2, -0.15) is 0 Å². The van der Waals surface area contributed by atoms with Crippen LogP contribution in [0.2, 0.25) is 0 Å². The number of thioether (sulfide) groups is 1. The van der Waals surface area contributed by atoms with E-state index in [1.165, 1.54) is 4.70 Å². The van der Waals surface area contributed by atoms with Gasteiger partial charge in [-0.25, -0.2) is 19.5 Å². The summed E-state index contributed by atoms with van der Waals surface area (Å²) in [7, 11) is 0. The van der Waals surface area contributed by atoms with Crippen molar-refractivity contribution in [2.24, 2.45) is 0 Å². The standard InChI is InChI=1S/C30H19N5OS2/c1-2-9-19(10-3-1)25-21-15-14-18-8-4-5-11-20(18)27(21)36-29-26(25)28-33-24(34-35(28)17-31-29)16-37-30-32-22-12-6-7-13-23(22)38-30/h1-15,17,25H,16H2/t25-/m1/s1. The molecule has 1 aliphatic heterocycles. The Hall–Kier alpha value is -4.27. The monoisotopic (exact) mass is 529 g/mol. The maximum Gasteiger partial charge on any atom is 0.228 e. The van der Waals surface area contributed by atoms with Crippen LogP contribution in [0.5, 0.6) is 11.6 Å². The second-order valence-electron chi connectivity index (χ2n) is 9.15. The zero-order valence-corrected chi connectivity index (χ0v) is 21.6. The van der Waals surface area contributed by atoms with Crippen LogP contribution in [-0.4, -0.2) is 24.6 Å². The van der Waals surface area contributed by atoms with E-state index in [-0.39, 0.29) is 5.92 Å². The number of para-hydroxylation sites is 1. The Morgan fingerprint density at radius 1 is 0.868 bits per heavy atom. The maximum absolute atomic E-state index is 6.52. The molecule has 8 rings (SSSR count). The summed E-state index contributed by atoms with van der Waals surface area (Å²) in [6.07, 6.45) is 1.70. The zero-order chi connectivity index (χ0) is 25.1. The quantitative estimate of drug-likeness (QED) is 0.220. The molecule has 0 saturated heterocycles. The minimum absolute atomic E-state index is 0.0790. The molecule has 0 saturated carbocycles. The molecule has 1 aliphatic rings. The van der Waals surface area contributed by atoms with E-state index in [1.807, 2.05) is 36.4 Å². The fourth-order valence-electron chi connectivity index (χ4n) is 5.18. The van der Waals surface area contributed by atoms with Crippen LogP contribution in [0.25, 0.3) is 26.6 Å². The summed E-state index contributed by atoms with van der Waals surface area (Å²) < 4.78 is 10.5. The summed E-state index contributed by atoms with van der Waals surface area (Å²) in [6.45, 7) is 0. The first-order chi connectivity index (χ1) is 18.8. The van der Waals surface area contributed by atoms with Gasteiger partial charge in [0.05, 0.1) is 21.5 Å². The van der Waals surface area contributed by atoms with E-state index in [9.17, 15) is 0 Å². The first-order valence-electron chi connectivity index (χ1n) is 12.3. The number of hydrogen-bond acceptors (Lipinski definition) is 7. The third kappa shape index (κ3) is 3.48.